The Morgan fingerprint density at radius 1 is 1.32 bits per heavy atom. The molecule has 0 bridgehead atoms. The van der Waals surface area contributed by atoms with Crippen LogP contribution in [-0.4, -0.2) is 11.9 Å². The van der Waals surface area contributed by atoms with Gasteiger partial charge in [0, 0.05) is 10.9 Å². The van der Waals surface area contributed by atoms with Crippen molar-refractivity contribution in [2.45, 2.75) is 50.0 Å². The predicted octanol–water partition coefficient (Wildman–Crippen LogP) is 3.81. The van der Waals surface area contributed by atoms with Crippen LogP contribution in [0.3, 0.4) is 0 Å². The maximum absolute atomic E-state index is 13.7. The molecule has 0 saturated heterocycles. The van der Waals surface area contributed by atoms with Gasteiger partial charge in [-0.05, 0) is 37.0 Å². The second-order valence-corrected chi connectivity index (χ2v) is 5.88. The Labute approximate surface area is 119 Å². The molecule has 2 rings (SSSR count). The van der Waals surface area contributed by atoms with Gasteiger partial charge in [-0.25, -0.2) is 4.39 Å². The van der Waals surface area contributed by atoms with Crippen molar-refractivity contribution < 1.29 is 9.18 Å². The summed E-state index contributed by atoms with van der Waals surface area (Å²) in [7, 11) is 0. The number of thiol groups is 1. The first-order chi connectivity index (χ1) is 9.08. The van der Waals surface area contributed by atoms with Crippen molar-refractivity contribution in [3.8, 4) is 0 Å². The van der Waals surface area contributed by atoms with Crippen LogP contribution >= 0.6 is 12.6 Å². The first kappa shape index (κ1) is 14.4. The topological polar surface area (TPSA) is 29.1 Å². The summed E-state index contributed by atoms with van der Waals surface area (Å²) >= 11 is 4.15. The minimum absolute atomic E-state index is 0.0870. The van der Waals surface area contributed by atoms with Crippen molar-refractivity contribution in [2.75, 3.05) is 0 Å². The van der Waals surface area contributed by atoms with Gasteiger partial charge in [0.15, 0.2) is 0 Å². The molecule has 1 aromatic rings. The van der Waals surface area contributed by atoms with E-state index in [1.54, 1.807) is 6.07 Å². The lowest BCUT2D eigenvalue weighted by Gasteiger charge is -2.23. The number of carbonyl (C=O) groups is 1. The fourth-order valence-electron chi connectivity index (χ4n) is 2.64. The third-order valence-corrected chi connectivity index (χ3v) is 4.15. The molecule has 104 valence electrons. The minimum atomic E-state index is -0.489. The Bertz CT molecular complexity index is 463. The highest BCUT2D eigenvalue weighted by atomic mass is 32.1. The summed E-state index contributed by atoms with van der Waals surface area (Å²) in [5.41, 5.74) is 0.0870. The zero-order valence-electron chi connectivity index (χ0n) is 11.2. The molecule has 1 N–H and O–H groups in total. The Morgan fingerprint density at radius 2 is 2.05 bits per heavy atom. The van der Waals surface area contributed by atoms with Gasteiger partial charge in [-0.1, -0.05) is 26.2 Å². The maximum atomic E-state index is 13.7. The lowest BCUT2D eigenvalue weighted by Crippen LogP contribution is -2.39. The van der Waals surface area contributed by atoms with Gasteiger partial charge < -0.3 is 5.32 Å². The first-order valence-electron chi connectivity index (χ1n) is 6.87. The van der Waals surface area contributed by atoms with Crippen LogP contribution in [0.5, 0.6) is 0 Å². The third-order valence-electron chi connectivity index (χ3n) is 3.87. The van der Waals surface area contributed by atoms with Crippen molar-refractivity contribution in [1.82, 2.24) is 5.32 Å². The van der Waals surface area contributed by atoms with Crippen LogP contribution in [-0.2, 0) is 0 Å². The normalized spacial score (nSPS) is 23.7. The standard InChI is InChI=1S/C15H20FNOS/c1-10-5-3-2-4-6-14(10)17-15(18)12-9-11(19)7-8-13(12)16/h7-10,14,19H,2-6H2,1H3,(H,17,18). The van der Waals surface area contributed by atoms with E-state index in [1.165, 1.54) is 25.0 Å². The van der Waals surface area contributed by atoms with E-state index in [9.17, 15) is 9.18 Å². The number of amides is 1. The highest BCUT2D eigenvalue weighted by Gasteiger charge is 2.23. The summed E-state index contributed by atoms with van der Waals surface area (Å²) in [5, 5.41) is 2.98. The fraction of sp³-hybridized carbons (Fsp3) is 0.533. The van der Waals surface area contributed by atoms with Crippen LogP contribution in [0.25, 0.3) is 0 Å². The molecule has 2 unspecified atom stereocenters. The Hall–Kier alpha value is -1.03. The molecule has 1 aliphatic rings. The molecule has 0 spiro atoms. The minimum Gasteiger partial charge on any atom is -0.349 e. The molecule has 1 saturated carbocycles. The van der Waals surface area contributed by atoms with Crippen LogP contribution in [0.1, 0.15) is 49.4 Å². The molecule has 0 aliphatic heterocycles. The van der Waals surface area contributed by atoms with Crippen molar-refractivity contribution >= 4 is 18.5 Å². The maximum Gasteiger partial charge on any atom is 0.254 e. The quantitative estimate of drug-likeness (QED) is 0.626. The number of benzene rings is 1. The Balaban J connectivity index is 2.09. The van der Waals surface area contributed by atoms with E-state index in [2.05, 4.69) is 24.9 Å². The molecule has 1 amide bonds. The summed E-state index contributed by atoms with van der Waals surface area (Å²) in [6.07, 6.45) is 5.67. The number of hydrogen-bond acceptors (Lipinski definition) is 2. The lowest BCUT2D eigenvalue weighted by atomic mass is 9.96. The van der Waals surface area contributed by atoms with Gasteiger partial charge in [0.05, 0.1) is 5.56 Å². The zero-order chi connectivity index (χ0) is 13.8. The zero-order valence-corrected chi connectivity index (χ0v) is 12.1. The van der Waals surface area contributed by atoms with E-state index in [-0.39, 0.29) is 17.5 Å². The van der Waals surface area contributed by atoms with Crippen molar-refractivity contribution in [3.05, 3.63) is 29.6 Å². The summed E-state index contributed by atoms with van der Waals surface area (Å²) in [6, 6.07) is 4.46. The smallest absolute Gasteiger partial charge is 0.254 e. The van der Waals surface area contributed by atoms with E-state index in [0.29, 0.717) is 10.8 Å². The van der Waals surface area contributed by atoms with E-state index in [4.69, 9.17) is 0 Å². The van der Waals surface area contributed by atoms with Gasteiger partial charge in [-0.2, -0.15) is 0 Å². The molecule has 19 heavy (non-hydrogen) atoms. The van der Waals surface area contributed by atoms with Crippen LogP contribution in [0.2, 0.25) is 0 Å². The molecule has 2 nitrogen and oxygen atoms in total. The van der Waals surface area contributed by atoms with Crippen LogP contribution in [0, 0.1) is 11.7 Å². The number of hydrogen-bond donors (Lipinski definition) is 2. The molecular weight excluding hydrogens is 261 g/mol. The lowest BCUT2D eigenvalue weighted by molar-refractivity contribution is 0.0917. The van der Waals surface area contributed by atoms with Gasteiger partial charge in [0.2, 0.25) is 0 Å². The molecule has 0 aromatic heterocycles. The average molecular weight is 281 g/mol. The third kappa shape index (κ3) is 3.72. The van der Waals surface area contributed by atoms with Crippen molar-refractivity contribution in [3.63, 3.8) is 0 Å². The first-order valence-corrected chi connectivity index (χ1v) is 7.32. The number of carbonyl (C=O) groups excluding carboxylic acids is 1. The predicted molar refractivity (Wildman–Crippen MR) is 77.2 cm³/mol. The SMILES string of the molecule is CC1CCCCCC1NC(=O)c1cc(S)ccc1F. The molecular formula is C15H20FNOS. The Morgan fingerprint density at radius 3 is 2.84 bits per heavy atom. The van der Waals surface area contributed by atoms with Gasteiger partial charge in [-0.3, -0.25) is 4.79 Å². The van der Waals surface area contributed by atoms with Gasteiger partial charge >= 0.3 is 0 Å². The highest BCUT2D eigenvalue weighted by molar-refractivity contribution is 7.80. The highest BCUT2D eigenvalue weighted by Crippen LogP contribution is 2.23. The van der Waals surface area contributed by atoms with Crippen LogP contribution < -0.4 is 5.32 Å². The van der Waals surface area contributed by atoms with Crippen LogP contribution in [0.15, 0.2) is 23.1 Å². The average Bonchev–Trinajstić information content (AvgIpc) is 2.58. The largest absolute Gasteiger partial charge is 0.349 e. The summed E-state index contributed by atoms with van der Waals surface area (Å²) in [4.78, 5) is 12.8. The molecule has 1 fully saturated rings. The molecule has 4 heteroatoms. The van der Waals surface area contributed by atoms with Gasteiger partial charge in [0.25, 0.3) is 5.91 Å². The summed E-state index contributed by atoms with van der Waals surface area (Å²) in [6.45, 7) is 2.15. The molecule has 0 heterocycles. The van der Waals surface area contributed by atoms with E-state index in [1.807, 2.05) is 0 Å². The fourth-order valence-corrected chi connectivity index (χ4v) is 2.84. The molecule has 1 aromatic carbocycles. The number of rotatable bonds is 2. The number of nitrogens with one attached hydrogen (secondary N) is 1. The van der Waals surface area contributed by atoms with Gasteiger partial charge in [0.1, 0.15) is 5.82 Å². The summed E-state index contributed by atoms with van der Waals surface area (Å²) < 4.78 is 13.7. The number of halogens is 1. The van der Waals surface area contributed by atoms with Crippen LogP contribution in [0.4, 0.5) is 4.39 Å². The van der Waals surface area contributed by atoms with Gasteiger partial charge in [-0.15, -0.1) is 12.6 Å². The van der Waals surface area contributed by atoms with E-state index < -0.39 is 5.82 Å². The van der Waals surface area contributed by atoms with E-state index in [0.717, 1.165) is 19.3 Å². The molecule has 1 aliphatic carbocycles. The monoisotopic (exact) mass is 281 g/mol. The van der Waals surface area contributed by atoms with Crippen molar-refractivity contribution in [2.24, 2.45) is 5.92 Å². The Kier molecular flexibility index (Phi) is 4.86. The van der Waals surface area contributed by atoms with Crippen molar-refractivity contribution in [1.29, 1.82) is 0 Å². The summed E-state index contributed by atoms with van der Waals surface area (Å²) in [5.74, 6) is -0.363. The molecule has 0 radical (unpaired) electrons. The second-order valence-electron chi connectivity index (χ2n) is 5.36. The second kappa shape index (κ2) is 6.42. The molecule has 2 atom stereocenters. The van der Waals surface area contributed by atoms with E-state index >= 15 is 0 Å².